The van der Waals surface area contributed by atoms with Crippen LogP contribution in [0.2, 0.25) is 0 Å². The van der Waals surface area contributed by atoms with Gasteiger partial charge in [0.25, 0.3) is 0 Å². The molecule has 1 amide bonds. The van der Waals surface area contributed by atoms with Gasteiger partial charge in [0, 0.05) is 16.3 Å². The van der Waals surface area contributed by atoms with E-state index in [4.69, 9.17) is 11.6 Å². The maximum absolute atomic E-state index is 11.4. The lowest BCUT2D eigenvalue weighted by molar-refractivity contribution is -0.120. The van der Waals surface area contributed by atoms with Gasteiger partial charge in [0.2, 0.25) is 5.91 Å². The van der Waals surface area contributed by atoms with Gasteiger partial charge in [-0.2, -0.15) is 0 Å². The summed E-state index contributed by atoms with van der Waals surface area (Å²) in [5.41, 5.74) is 10.7. The van der Waals surface area contributed by atoms with Crippen molar-refractivity contribution in [1.82, 2.24) is 5.43 Å². The fourth-order valence-electron chi connectivity index (χ4n) is 1.82. The van der Waals surface area contributed by atoms with Gasteiger partial charge < -0.3 is 5.73 Å². The first-order valence-corrected chi connectivity index (χ1v) is 7.22. The Morgan fingerprint density at radius 3 is 2.35 bits per heavy atom. The molecule has 5 N–H and O–H groups in total. The normalized spacial score (nSPS) is 10.2. The Balaban J connectivity index is 2.05. The standard InChI is InChI=1S/C15H17N3OS/c16-13-5-7-14(8-6-13)20-10-12-4-2-1-3-11(12)9-15(19)18-17/h1-8H,9-10,16-17H2,(H,18,19). The molecule has 0 radical (unpaired) electrons. The number of nitrogens with one attached hydrogen (secondary N) is 1. The summed E-state index contributed by atoms with van der Waals surface area (Å²) >= 11 is 1.71. The number of nitrogen functional groups attached to an aromatic ring is 1. The molecular formula is C15H17N3OS. The molecule has 0 aliphatic heterocycles. The molecule has 0 heterocycles. The van der Waals surface area contributed by atoms with E-state index in [9.17, 15) is 4.79 Å². The quantitative estimate of drug-likeness (QED) is 0.259. The Bertz CT molecular complexity index is 584. The van der Waals surface area contributed by atoms with E-state index in [2.05, 4.69) is 5.43 Å². The van der Waals surface area contributed by atoms with E-state index < -0.39 is 0 Å². The first-order valence-electron chi connectivity index (χ1n) is 6.23. The lowest BCUT2D eigenvalue weighted by atomic mass is 10.1. The van der Waals surface area contributed by atoms with Crippen LogP contribution in [0, 0.1) is 0 Å². The van der Waals surface area contributed by atoms with Crippen LogP contribution in [0.5, 0.6) is 0 Å². The van der Waals surface area contributed by atoms with Gasteiger partial charge in [-0.3, -0.25) is 10.2 Å². The van der Waals surface area contributed by atoms with Crippen molar-refractivity contribution in [3.63, 3.8) is 0 Å². The predicted octanol–water partition coefficient (Wildman–Crippen LogP) is 2.09. The summed E-state index contributed by atoms with van der Waals surface area (Å²) in [5, 5.41) is 0. The summed E-state index contributed by atoms with van der Waals surface area (Å²) < 4.78 is 0. The van der Waals surface area contributed by atoms with Gasteiger partial charge in [-0.1, -0.05) is 24.3 Å². The molecular weight excluding hydrogens is 270 g/mol. The highest BCUT2D eigenvalue weighted by Gasteiger charge is 2.07. The SMILES string of the molecule is NNC(=O)Cc1ccccc1CSc1ccc(N)cc1. The van der Waals surface area contributed by atoms with Crippen LogP contribution in [0.4, 0.5) is 5.69 Å². The predicted molar refractivity (Wildman–Crippen MR) is 82.9 cm³/mol. The number of hydrazine groups is 1. The molecule has 0 fully saturated rings. The first kappa shape index (κ1) is 14.4. The minimum atomic E-state index is -0.185. The number of hydrogen-bond donors (Lipinski definition) is 3. The van der Waals surface area contributed by atoms with E-state index >= 15 is 0 Å². The third kappa shape index (κ3) is 4.01. The van der Waals surface area contributed by atoms with Gasteiger partial charge in [-0.25, -0.2) is 5.84 Å². The number of carbonyl (C=O) groups excluding carboxylic acids is 1. The fourth-order valence-corrected chi connectivity index (χ4v) is 2.75. The molecule has 0 saturated heterocycles. The van der Waals surface area contributed by atoms with Crippen molar-refractivity contribution in [2.45, 2.75) is 17.1 Å². The van der Waals surface area contributed by atoms with Crippen LogP contribution in [-0.4, -0.2) is 5.91 Å². The van der Waals surface area contributed by atoms with Crippen molar-refractivity contribution in [3.05, 3.63) is 59.7 Å². The lowest BCUT2D eigenvalue weighted by Gasteiger charge is -2.09. The second-order valence-corrected chi connectivity index (χ2v) is 5.42. The van der Waals surface area contributed by atoms with Gasteiger partial charge >= 0.3 is 0 Å². The molecule has 4 nitrogen and oxygen atoms in total. The zero-order chi connectivity index (χ0) is 14.4. The molecule has 5 heteroatoms. The van der Waals surface area contributed by atoms with Crippen LogP contribution in [0.15, 0.2) is 53.4 Å². The van der Waals surface area contributed by atoms with Crippen molar-refractivity contribution in [2.24, 2.45) is 5.84 Å². The highest BCUT2D eigenvalue weighted by atomic mass is 32.2. The van der Waals surface area contributed by atoms with Crippen LogP contribution < -0.4 is 17.0 Å². The summed E-state index contributed by atoms with van der Waals surface area (Å²) in [6, 6.07) is 15.6. The van der Waals surface area contributed by atoms with Crippen LogP contribution in [0.3, 0.4) is 0 Å². The van der Waals surface area contributed by atoms with E-state index in [0.29, 0.717) is 6.42 Å². The van der Waals surface area contributed by atoms with E-state index in [-0.39, 0.29) is 5.91 Å². The molecule has 2 aromatic carbocycles. The average Bonchev–Trinajstić information content (AvgIpc) is 2.48. The second-order valence-electron chi connectivity index (χ2n) is 4.37. The molecule has 104 valence electrons. The van der Waals surface area contributed by atoms with Crippen LogP contribution >= 0.6 is 11.8 Å². The van der Waals surface area contributed by atoms with E-state index in [1.165, 1.54) is 0 Å². The number of hydrogen-bond acceptors (Lipinski definition) is 4. The molecule has 0 aliphatic carbocycles. The van der Waals surface area contributed by atoms with Gasteiger partial charge in [-0.15, -0.1) is 11.8 Å². The molecule has 2 rings (SSSR count). The number of thioether (sulfide) groups is 1. The maximum Gasteiger partial charge on any atom is 0.238 e. The number of amides is 1. The highest BCUT2D eigenvalue weighted by Crippen LogP contribution is 2.25. The Morgan fingerprint density at radius 1 is 1.05 bits per heavy atom. The van der Waals surface area contributed by atoms with Crippen LogP contribution in [-0.2, 0) is 17.0 Å². The number of anilines is 1. The minimum absolute atomic E-state index is 0.185. The molecule has 0 spiro atoms. The average molecular weight is 287 g/mol. The fraction of sp³-hybridized carbons (Fsp3) is 0.133. The number of rotatable bonds is 5. The van der Waals surface area contributed by atoms with Gasteiger partial charge in [0.05, 0.1) is 6.42 Å². The molecule has 2 aromatic rings. The first-order chi connectivity index (χ1) is 9.69. The van der Waals surface area contributed by atoms with Crippen molar-refractivity contribution in [2.75, 3.05) is 5.73 Å². The van der Waals surface area contributed by atoms with Crippen molar-refractivity contribution >= 4 is 23.4 Å². The van der Waals surface area contributed by atoms with E-state index in [0.717, 1.165) is 27.5 Å². The van der Waals surface area contributed by atoms with Crippen LogP contribution in [0.1, 0.15) is 11.1 Å². The van der Waals surface area contributed by atoms with Crippen molar-refractivity contribution < 1.29 is 4.79 Å². The summed E-state index contributed by atoms with van der Waals surface area (Å²) in [6.07, 6.45) is 0.301. The molecule has 0 aromatic heterocycles. The van der Waals surface area contributed by atoms with Gasteiger partial charge in [-0.05, 0) is 35.4 Å². The second kappa shape index (κ2) is 6.98. The smallest absolute Gasteiger partial charge is 0.238 e. The Labute approximate surface area is 122 Å². The maximum atomic E-state index is 11.4. The summed E-state index contributed by atoms with van der Waals surface area (Å²) in [5.74, 6) is 5.75. The summed E-state index contributed by atoms with van der Waals surface area (Å²) in [4.78, 5) is 12.5. The largest absolute Gasteiger partial charge is 0.399 e. The molecule has 0 atom stereocenters. The zero-order valence-corrected chi connectivity index (χ0v) is 11.8. The van der Waals surface area contributed by atoms with E-state index in [1.54, 1.807) is 11.8 Å². The highest BCUT2D eigenvalue weighted by molar-refractivity contribution is 7.98. The lowest BCUT2D eigenvalue weighted by Crippen LogP contribution is -2.31. The molecule has 0 aliphatic rings. The molecule has 20 heavy (non-hydrogen) atoms. The Kier molecular flexibility index (Phi) is 5.03. The molecule has 0 unspecified atom stereocenters. The van der Waals surface area contributed by atoms with E-state index in [1.807, 2.05) is 48.5 Å². The van der Waals surface area contributed by atoms with Gasteiger partial charge in [0.15, 0.2) is 0 Å². The minimum Gasteiger partial charge on any atom is -0.399 e. The number of benzene rings is 2. The molecule has 0 saturated carbocycles. The third-order valence-corrected chi connectivity index (χ3v) is 3.97. The third-order valence-electron chi connectivity index (χ3n) is 2.90. The topological polar surface area (TPSA) is 81.1 Å². The number of nitrogens with two attached hydrogens (primary N) is 2. The Morgan fingerprint density at radius 2 is 1.70 bits per heavy atom. The van der Waals surface area contributed by atoms with Gasteiger partial charge in [0.1, 0.15) is 0 Å². The van der Waals surface area contributed by atoms with Crippen LogP contribution in [0.25, 0.3) is 0 Å². The van der Waals surface area contributed by atoms with Crippen molar-refractivity contribution in [1.29, 1.82) is 0 Å². The summed E-state index contributed by atoms with van der Waals surface area (Å²) in [7, 11) is 0. The van der Waals surface area contributed by atoms with Crippen molar-refractivity contribution in [3.8, 4) is 0 Å². The zero-order valence-electron chi connectivity index (χ0n) is 11.0. The summed E-state index contributed by atoms with van der Waals surface area (Å²) in [6.45, 7) is 0. The Hall–Kier alpha value is -1.98. The number of carbonyl (C=O) groups is 1. The monoisotopic (exact) mass is 287 g/mol. The molecule has 0 bridgehead atoms.